The number of carbonyl (C=O) groups excluding carboxylic acids is 2. The van der Waals surface area contributed by atoms with Gasteiger partial charge in [-0.15, -0.1) is 0 Å². The minimum atomic E-state index is -0.439. The Bertz CT molecular complexity index is 970. The van der Waals surface area contributed by atoms with Crippen molar-refractivity contribution < 1.29 is 14.3 Å². The molecule has 0 fully saturated rings. The van der Waals surface area contributed by atoms with E-state index in [2.05, 4.69) is 43.8 Å². The van der Waals surface area contributed by atoms with Crippen molar-refractivity contribution in [3.63, 3.8) is 0 Å². The van der Waals surface area contributed by atoms with Crippen LogP contribution in [0.15, 0.2) is 48.5 Å². The molecular weight excluding hydrogens is 362 g/mol. The quantitative estimate of drug-likeness (QED) is 0.555. The predicted molar refractivity (Wildman–Crippen MR) is 117 cm³/mol. The Kier molecular flexibility index (Phi) is 5.65. The predicted octanol–water partition coefficient (Wildman–Crippen LogP) is 5.47. The number of rotatable bonds is 4. The second-order valence-electron chi connectivity index (χ2n) is 8.93. The third-order valence-corrected chi connectivity index (χ3v) is 5.92. The van der Waals surface area contributed by atoms with Crippen molar-refractivity contribution in [3.8, 4) is 0 Å². The molecule has 0 spiro atoms. The normalized spacial score (nSPS) is 16.9. The number of hydrogen-bond acceptors (Lipinski definition) is 3. The molecule has 0 radical (unpaired) electrons. The highest BCUT2D eigenvalue weighted by Gasteiger charge is 2.37. The van der Waals surface area contributed by atoms with Crippen LogP contribution < -0.4 is 5.32 Å². The van der Waals surface area contributed by atoms with E-state index < -0.39 is 5.97 Å². The zero-order valence-corrected chi connectivity index (χ0v) is 17.8. The van der Waals surface area contributed by atoms with Crippen molar-refractivity contribution in [2.75, 3.05) is 12.4 Å². The molecule has 0 atom stereocenters. The molecule has 0 saturated heterocycles. The molecule has 0 aromatic heterocycles. The molecule has 4 heteroatoms. The van der Waals surface area contributed by atoms with Crippen LogP contribution in [0.5, 0.6) is 0 Å². The standard InChI is InChI=1S/C25H29NO3/c1-24(2)14-15-25(3,4)20-16-18(10-12-19(20)24)23(28)26-21-9-7-6-8-17(21)11-13-22(27)29-5/h6-13,16H,14-15H2,1-5H3,(H,26,28). The first kappa shape index (κ1) is 20.8. The lowest BCUT2D eigenvalue weighted by Gasteiger charge is -2.42. The second-order valence-corrected chi connectivity index (χ2v) is 8.93. The van der Waals surface area contributed by atoms with Gasteiger partial charge in [0.2, 0.25) is 0 Å². The van der Waals surface area contributed by atoms with Crippen LogP contribution in [0.4, 0.5) is 5.69 Å². The van der Waals surface area contributed by atoms with E-state index in [9.17, 15) is 9.59 Å². The molecule has 152 valence electrons. The fraction of sp³-hybridized carbons (Fsp3) is 0.360. The fourth-order valence-corrected chi connectivity index (χ4v) is 3.91. The van der Waals surface area contributed by atoms with Gasteiger partial charge in [0.15, 0.2) is 0 Å². The Morgan fingerprint density at radius 1 is 0.966 bits per heavy atom. The van der Waals surface area contributed by atoms with E-state index in [4.69, 9.17) is 0 Å². The van der Waals surface area contributed by atoms with Gasteiger partial charge in [-0.2, -0.15) is 0 Å². The Hall–Kier alpha value is -2.88. The average molecular weight is 392 g/mol. The molecule has 1 aliphatic carbocycles. The molecule has 2 aromatic rings. The third-order valence-electron chi connectivity index (χ3n) is 5.92. The van der Waals surface area contributed by atoms with Crippen molar-refractivity contribution in [1.82, 2.24) is 0 Å². The molecule has 0 saturated carbocycles. The molecule has 29 heavy (non-hydrogen) atoms. The zero-order valence-electron chi connectivity index (χ0n) is 17.8. The number of para-hydroxylation sites is 1. The van der Waals surface area contributed by atoms with Crippen LogP contribution in [-0.4, -0.2) is 19.0 Å². The molecule has 1 aliphatic rings. The Balaban J connectivity index is 1.90. The smallest absolute Gasteiger partial charge is 0.330 e. The lowest BCUT2D eigenvalue weighted by molar-refractivity contribution is -0.134. The van der Waals surface area contributed by atoms with Gasteiger partial charge in [0, 0.05) is 17.3 Å². The van der Waals surface area contributed by atoms with E-state index in [0.29, 0.717) is 11.3 Å². The van der Waals surface area contributed by atoms with Crippen LogP contribution in [0.3, 0.4) is 0 Å². The summed E-state index contributed by atoms with van der Waals surface area (Å²) >= 11 is 0. The van der Waals surface area contributed by atoms with Gasteiger partial charge >= 0.3 is 5.97 Å². The summed E-state index contributed by atoms with van der Waals surface area (Å²) in [5.74, 6) is -0.600. The first-order valence-corrected chi connectivity index (χ1v) is 9.95. The fourth-order valence-electron chi connectivity index (χ4n) is 3.91. The molecule has 0 bridgehead atoms. The van der Waals surface area contributed by atoms with Crippen molar-refractivity contribution in [2.24, 2.45) is 0 Å². The van der Waals surface area contributed by atoms with E-state index in [0.717, 1.165) is 18.4 Å². The van der Waals surface area contributed by atoms with Crippen LogP contribution in [0.1, 0.15) is 67.6 Å². The van der Waals surface area contributed by atoms with Crippen LogP contribution in [-0.2, 0) is 20.4 Å². The molecule has 1 amide bonds. The van der Waals surface area contributed by atoms with Gasteiger partial charge in [0.1, 0.15) is 0 Å². The molecular formula is C25H29NO3. The summed E-state index contributed by atoms with van der Waals surface area (Å²) < 4.78 is 4.64. The largest absolute Gasteiger partial charge is 0.466 e. The summed E-state index contributed by atoms with van der Waals surface area (Å²) in [6.07, 6.45) is 5.21. The Morgan fingerprint density at radius 3 is 2.31 bits per heavy atom. The average Bonchev–Trinajstić information content (AvgIpc) is 2.70. The summed E-state index contributed by atoms with van der Waals surface area (Å²) in [5, 5.41) is 2.98. The number of benzene rings is 2. The van der Waals surface area contributed by atoms with Crippen LogP contribution in [0.25, 0.3) is 6.08 Å². The first-order chi connectivity index (χ1) is 13.6. The third kappa shape index (κ3) is 4.42. The second kappa shape index (κ2) is 7.86. The molecule has 0 heterocycles. The monoisotopic (exact) mass is 391 g/mol. The highest BCUT2D eigenvalue weighted by Crippen LogP contribution is 2.45. The minimum absolute atomic E-state index is 0.0440. The van der Waals surface area contributed by atoms with Crippen molar-refractivity contribution in [1.29, 1.82) is 0 Å². The van der Waals surface area contributed by atoms with Gasteiger partial charge in [-0.25, -0.2) is 4.79 Å². The van der Waals surface area contributed by atoms with Gasteiger partial charge in [-0.05, 0) is 64.6 Å². The number of nitrogens with one attached hydrogen (secondary N) is 1. The molecule has 3 rings (SSSR count). The molecule has 0 aliphatic heterocycles. The van der Waals surface area contributed by atoms with Crippen LogP contribution >= 0.6 is 0 Å². The number of methoxy groups -OCH3 is 1. The lowest BCUT2D eigenvalue weighted by Crippen LogP contribution is -2.34. The number of fused-ring (bicyclic) bond motifs is 1. The van der Waals surface area contributed by atoms with E-state index in [1.807, 2.05) is 36.4 Å². The summed E-state index contributed by atoms with van der Waals surface area (Å²) in [6.45, 7) is 9.03. The van der Waals surface area contributed by atoms with E-state index in [-0.39, 0.29) is 16.7 Å². The molecule has 2 aromatic carbocycles. The van der Waals surface area contributed by atoms with Crippen molar-refractivity contribution >= 4 is 23.6 Å². The Labute approximate surface area is 173 Å². The number of esters is 1. The van der Waals surface area contributed by atoms with Gasteiger partial charge in [0.05, 0.1) is 7.11 Å². The zero-order chi connectivity index (χ0) is 21.2. The number of anilines is 1. The number of carbonyl (C=O) groups is 2. The highest BCUT2D eigenvalue weighted by atomic mass is 16.5. The van der Waals surface area contributed by atoms with Gasteiger partial charge in [0.25, 0.3) is 5.91 Å². The maximum atomic E-state index is 13.0. The Morgan fingerprint density at radius 2 is 1.62 bits per heavy atom. The maximum absolute atomic E-state index is 13.0. The van der Waals surface area contributed by atoms with Crippen molar-refractivity contribution in [2.45, 2.75) is 51.4 Å². The summed E-state index contributed by atoms with van der Waals surface area (Å²) in [6, 6.07) is 13.4. The molecule has 0 unspecified atom stereocenters. The minimum Gasteiger partial charge on any atom is -0.466 e. The number of hydrogen-bond donors (Lipinski definition) is 1. The van der Waals surface area contributed by atoms with Gasteiger partial charge in [-0.3, -0.25) is 4.79 Å². The highest BCUT2D eigenvalue weighted by molar-refractivity contribution is 6.05. The first-order valence-electron chi connectivity index (χ1n) is 9.95. The van der Waals surface area contributed by atoms with Crippen LogP contribution in [0.2, 0.25) is 0 Å². The number of amides is 1. The summed E-state index contributed by atoms with van der Waals surface area (Å²) in [4.78, 5) is 24.4. The van der Waals surface area contributed by atoms with Crippen LogP contribution in [0, 0.1) is 0 Å². The van der Waals surface area contributed by atoms with E-state index in [1.54, 1.807) is 6.08 Å². The van der Waals surface area contributed by atoms with Crippen molar-refractivity contribution in [3.05, 3.63) is 70.8 Å². The summed E-state index contributed by atoms with van der Waals surface area (Å²) in [5.41, 5.74) is 4.77. The van der Waals surface area contributed by atoms with E-state index >= 15 is 0 Å². The maximum Gasteiger partial charge on any atom is 0.330 e. The topological polar surface area (TPSA) is 55.4 Å². The van der Waals surface area contributed by atoms with E-state index in [1.165, 1.54) is 24.3 Å². The van der Waals surface area contributed by atoms with Gasteiger partial charge in [-0.1, -0.05) is 52.0 Å². The number of ether oxygens (including phenoxy) is 1. The lowest BCUT2D eigenvalue weighted by atomic mass is 9.63. The SMILES string of the molecule is COC(=O)C=Cc1ccccc1NC(=O)c1ccc2c(c1)C(C)(C)CCC2(C)C. The molecule has 4 nitrogen and oxygen atoms in total. The summed E-state index contributed by atoms with van der Waals surface area (Å²) in [7, 11) is 1.33. The molecule has 1 N–H and O–H groups in total. The van der Waals surface area contributed by atoms with Gasteiger partial charge < -0.3 is 10.1 Å².